The first-order chi connectivity index (χ1) is 6.91. The monoisotopic (exact) mass is 218 g/mol. The summed E-state index contributed by atoms with van der Waals surface area (Å²) in [6.07, 6.45) is -2.21. The van der Waals surface area contributed by atoms with Gasteiger partial charge in [0.1, 0.15) is 6.61 Å². The van der Waals surface area contributed by atoms with Crippen LogP contribution in [0, 0.1) is 0 Å². The molecule has 0 unspecified atom stereocenters. The van der Waals surface area contributed by atoms with E-state index < -0.39 is 36.4 Å². The van der Waals surface area contributed by atoms with Gasteiger partial charge in [0.15, 0.2) is 23.8 Å². The molecule has 86 valence electrons. The lowest BCUT2D eigenvalue weighted by atomic mass is 10.1. The van der Waals surface area contributed by atoms with Crippen LogP contribution in [-0.2, 0) is 23.8 Å². The zero-order valence-electron chi connectivity index (χ0n) is 8.85. The van der Waals surface area contributed by atoms with Gasteiger partial charge in [-0.05, 0) is 13.8 Å². The maximum Gasteiger partial charge on any atom is 0.338 e. The zero-order valence-corrected chi connectivity index (χ0v) is 8.85. The molecule has 0 aliphatic carbocycles. The van der Waals surface area contributed by atoms with Gasteiger partial charge in [0.05, 0.1) is 7.11 Å². The molecule has 1 heterocycles. The summed E-state index contributed by atoms with van der Waals surface area (Å²) in [6.45, 7) is 2.46. The molecule has 0 aromatic carbocycles. The van der Waals surface area contributed by atoms with E-state index >= 15 is 0 Å². The highest BCUT2D eigenvalue weighted by Crippen LogP contribution is 2.29. The van der Waals surface area contributed by atoms with Gasteiger partial charge in [0.25, 0.3) is 0 Å². The number of carbonyl (C=O) groups excluding carboxylic acids is 2. The molecule has 1 rings (SSSR count). The van der Waals surface area contributed by atoms with Crippen LogP contribution in [-0.4, -0.2) is 48.6 Å². The van der Waals surface area contributed by atoms with E-state index in [4.69, 9.17) is 14.6 Å². The first kappa shape index (κ1) is 12.1. The Hall–Kier alpha value is -0.980. The van der Waals surface area contributed by atoms with Crippen LogP contribution in [0.3, 0.4) is 0 Å². The highest BCUT2D eigenvalue weighted by molar-refractivity contribution is 5.91. The maximum absolute atomic E-state index is 11.3. The Bertz CT molecular complexity index is 246. The van der Waals surface area contributed by atoms with Gasteiger partial charge in [0.2, 0.25) is 0 Å². The predicted octanol–water partition coefficient (Wildman–Crippen LogP) is -0.759. The molecule has 1 aliphatic heterocycles. The molecule has 0 amide bonds. The second-order valence-corrected chi connectivity index (χ2v) is 3.62. The topological polar surface area (TPSA) is 82.1 Å². The molecular weight excluding hydrogens is 204 g/mol. The Morgan fingerprint density at radius 2 is 1.87 bits per heavy atom. The molecule has 6 nitrogen and oxygen atoms in total. The van der Waals surface area contributed by atoms with E-state index in [1.165, 1.54) is 7.11 Å². The highest BCUT2D eigenvalue weighted by atomic mass is 16.8. The summed E-state index contributed by atoms with van der Waals surface area (Å²) in [5.74, 6) is -2.32. The van der Waals surface area contributed by atoms with E-state index in [0.717, 1.165) is 0 Å². The van der Waals surface area contributed by atoms with E-state index in [9.17, 15) is 9.59 Å². The predicted molar refractivity (Wildman–Crippen MR) is 47.9 cm³/mol. The van der Waals surface area contributed by atoms with Gasteiger partial charge in [-0.2, -0.15) is 0 Å². The van der Waals surface area contributed by atoms with Crippen molar-refractivity contribution in [1.82, 2.24) is 0 Å². The first-order valence-electron chi connectivity index (χ1n) is 4.48. The van der Waals surface area contributed by atoms with Crippen molar-refractivity contribution in [1.29, 1.82) is 0 Å². The van der Waals surface area contributed by atoms with E-state index in [2.05, 4.69) is 4.74 Å². The largest absolute Gasteiger partial charge is 0.467 e. The molecule has 2 atom stereocenters. The minimum Gasteiger partial charge on any atom is -0.467 e. The molecule has 1 aliphatic rings. The lowest BCUT2D eigenvalue weighted by molar-refractivity contribution is -0.168. The molecular formula is C9H14O6. The molecule has 0 aromatic heterocycles. The Kier molecular flexibility index (Phi) is 3.43. The standard InChI is InChI=1S/C9H14O6/c1-9(2)14-6(5(11)4-10)7(15-9)8(12)13-3/h6-7,10H,4H2,1-3H3/t6-,7+/m0/s1. The van der Waals surface area contributed by atoms with Crippen LogP contribution >= 0.6 is 0 Å². The molecule has 1 fully saturated rings. The second kappa shape index (κ2) is 4.26. The summed E-state index contributed by atoms with van der Waals surface area (Å²) < 4.78 is 14.9. The van der Waals surface area contributed by atoms with E-state index in [1.807, 2.05) is 0 Å². The van der Waals surface area contributed by atoms with Crippen molar-refractivity contribution in [2.45, 2.75) is 31.8 Å². The Labute approximate surface area is 87.1 Å². The minimum absolute atomic E-state index is 0.601. The number of hydrogen-bond acceptors (Lipinski definition) is 6. The average Bonchev–Trinajstić information content (AvgIpc) is 2.52. The fraction of sp³-hybridized carbons (Fsp3) is 0.778. The number of rotatable bonds is 3. The van der Waals surface area contributed by atoms with Crippen molar-refractivity contribution in [3.05, 3.63) is 0 Å². The van der Waals surface area contributed by atoms with Crippen molar-refractivity contribution in [2.24, 2.45) is 0 Å². The third-order valence-corrected chi connectivity index (χ3v) is 2.00. The molecule has 0 bridgehead atoms. The van der Waals surface area contributed by atoms with Gasteiger partial charge in [-0.25, -0.2) is 4.79 Å². The van der Waals surface area contributed by atoms with E-state index in [-0.39, 0.29) is 0 Å². The number of carbonyl (C=O) groups is 2. The SMILES string of the molecule is COC(=O)[C@@H]1OC(C)(C)O[C@H]1C(=O)CO. The third kappa shape index (κ3) is 2.53. The van der Waals surface area contributed by atoms with Gasteiger partial charge in [-0.3, -0.25) is 4.79 Å². The van der Waals surface area contributed by atoms with Crippen LogP contribution in [0.2, 0.25) is 0 Å². The summed E-state index contributed by atoms with van der Waals surface area (Å²) in [7, 11) is 1.19. The molecule has 1 N–H and O–H groups in total. The number of aliphatic hydroxyl groups excluding tert-OH is 1. The zero-order chi connectivity index (χ0) is 11.6. The fourth-order valence-electron chi connectivity index (χ4n) is 1.38. The summed E-state index contributed by atoms with van der Waals surface area (Å²) in [6, 6.07) is 0. The van der Waals surface area contributed by atoms with Crippen molar-refractivity contribution >= 4 is 11.8 Å². The lowest BCUT2D eigenvalue weighted by Crippen LogP contribution is -2.39. The van der Waals surface area contributed by atoms with Crippen molar-refractivity contribution in [3.8, 4) is 0 Å². The summed E-state index contributed by atoms with van der Waals surface area (Å²) in [5, 5.41) is 8.70. The highest BCUT2D eigenvalue weighted by Gasteiger charge is 2.49. The number of ether oxygens (including phenoxy) is 3. The summed E-state index contributed by atoms with van der Waals surface area (Å²) >= 11 is 0. The second-order valence-electron chi connectivity index (χ2n) is 3.62. The molecule has 0 saturated carbocycles. The van der Waals surface area contributed by atoms with E-state index in [0.29, 0.717) is 0 Å². The molecule has 1 saturated heterocycles. The smallest absolute Gasteiger partial charge is 0.338 e. The van der Waals surface area contributed by atoms with E-state index in [1.54, 1.807) is 13.8 Å². The Morgan fingerprint density at radius 3 is 2.33 bits per heavy atom. The molecule has 6 heteroatoms. The van der Waals surface area contributed by atoms with Crippen LogP contribution in [0.1, 0.15) is 13.8 Å². The summed E-state index contributed by atoms with van der Waals surface area (Å²) in [5.41, 5.74) is 0. The number of Topliss-reactive ketones (excluding diaryl/α,β-unsaturated/α-hetero) is 1. The van der Waals surface area contributed by atoms with Crippen LogP contribution < -0.4 is 0 Å². The fourth-order valence-corrected chi connectivity index (χ4v) is 1.38. The number of methoxy groups -OCH3 is 1. The van der Waals surface area contributed by atoms with Crippen LogP contribution in [0.25, 0.3) is 0 Å². The molecule has 15 heavy (non-hydrogen) atoms. The first-order valence-corrected chi connectivity index (χ1v) is 4.48. The van der Waals surface area contributed by atoms with Crippen molar-refractivity contribution in [2.75, 3.05) is 13.7 Å². The molecule has 0 aromatic rings. The molecule has 0 spiro atoms. The number of esters is 1. The van der Waals surface area contributed by atoms with Crippen LogP contribution in [0.5, 0.6) is 0 Å². The van der Waals surface area contributed by atoms with Gasteiger partial charge in [-0.15, -0.1) is 0 Å². The number of hydrogen-bond donors (Lipinski definition) is 1. The average molecular weight is 218 g/mol. The Morgan fingerprint density at radius 1 is 1.33 bits per heavy atom. The van der Waals surface area contributed by atoms with Gasteiger partial charge >= 0.3 is 5.97 Å². The van der Waals surface area contributed by atoms with Gasteiger partial charge in [-0.1, -0.05) is 0 Å². The van der Waals surface area contributed by atoms with Crippen molar-refractivity contribution < 1.29 is 28.9 Å². The normalized spacial score (nSPS) is 28.8. The maximum atomic E-state index is 11.3. The van der Waals surface area contributed by atoms with Gasteiger partial charge < -0.3 is 19.3 Å². The lowest BCUT2D eigenvalue weighted by Gasteiger charge is -2.15. The van der Waals surface area contributed by atoms with Gasteiger partial charge in [0, 0.05) is 0 Å². The third-order valence-electron chi connectivity index (χ3n) is 2.00. The Balaban J connectivity index is 2.83. The summed E-state index contributed by atoms with van der Waals surface area (Å²) in [4.78, 5) is 22.5. The van der Waals surface area contributed by atoms with Crippen LogP contribution in [0.4, 0.5) is 0 Å². The quantitative estimate of drug-likeness (QED) is 0.627. The minimum atomic E-state index is -1.11. The number of ketones is 1. The molecule has 0 radical (unpaired) electrons. The van der Waals surface area contributed by atoms with Crippen molar-refractivity contribution in [3.63, 3.8) is 0 Å². The number of aliphatic hydroxyl groups is 1. The van der Waals surface area contributed by atoms with Crippen LogP contribution in [0.15, 0.2) is 0 Å².